The molecule has 0 radical (unpaired) electrons. The molecule has 5 nitrogen and oxygen atoms in total. The summed E-state index contributed by atoms with van der Waals surface area (Å²) in [5, 5.41) is 12.3. The number of aliphatic hydroxyl groups is 1. The van der Waals surface area contributed by atoms with Gasteiger partial charge in [0.05, 0.1) is 6.04 Å². The van der Waals surface area contributed by atoms with Crippen molar-refractivity contribution in [1.82, 2.24) is 0 Å². The van der Waals surface area contributed by atoms with Crippen LogP contribution in [0, 0.1) is 0 Å². The molecule has 35 heavy (non-hydrogen) atoms. The van der Waals surface area contributed by atoms with Crippen LogP contribution in [0.4, 0.5) is 29.3 Å². The number of ether oxygens (including phenoxy) is 1. The van der Waals surface area contributed by atoms with Gasteiger partial charge in [-0.15, -0.1) is 13.2 Å². The Morgan fingerprint density at radius 2 is 1.54 bits per heavy atom. The lowest BCUT2D eigenvalue weighted by molar-refractivity contribution is -0.274. The molecule has 4 rings (SSSR count). The molecule has 1 aliphatic heterocycles. The van der Waals surface area contributed by atoms with Crippen molar-refractivity contribution in [2.24, 2.45) is 0 Å². The quantitative estimate of drug-likeness (QED) is 0.312. The first kappa shape index (κ1) is 25.5. The van der Waals surface area contributed by atoms with Crippen molar-refractivity contribution in [2.75, 3.05) is 9.80 Å². The number of carbonyl (C=O) groups is 1. The van der Waals surface area contributed by atoms with Crippen molar-refractivity contribution in [3.8, 4) is 5.75 Å². The predicted molar refractivity (Wildman–Crippen MR) is 134 cm³/mol. The second-order valence-electron chi connectivity index (χ2n) is 8.05. The van der Waals surface area contributed by atoms with Crippen molar-refractivity contribution in [3.63, 3.8) is 0 Å². The molecule has 1 heterocycles. The summed E-state index contributed by atoms with van der Waals surface area (Å²) in [6.07, 6.45) is -3.90. The Hall–Kier alpha value is -2.56. The van der Waals surface area contributed by atoms with Gasteiger partial charge in [-0.05, 0) is 67.1 Å². The van der Waals surface area contributed by atoms with E-state index in [2.05, 4.69) is 36.6 Å². The van der Waals surface area contributed by atoms with Crippen LogP contribution in [0.3, 0.4) is 0 Å². The van der Waals surface area contributed by atoms with Crippen molar-refractivity contribution in [3.05, 3.63) is 87.3 Å². The molecule has 1 unspecified atom stereocenters. The SMILES string of the molecule is CCCC1N(c2ccc(Br)cc2)C(=O)N(c2ccc(Br)cc2)[C@@]1(O)c1cccc(OC(F)(F)F)c1. The number of nitrogens with zero attached hydrogens (tertiary/aromatic N) is 2. The highest BCUT2D eigenvalue weighted by Crippen LogP contribution is 2.47. The fourth-order valence-electron chi connectivity index (χ4n) is 4.35. The molecule has 1 N–H and O–H groups in total. The summed E-state index contributed by atoms with van der Waals surface area (Å²) in [4.78, 5) is 16.6. The molecule has 0 saturated carbocycles. The lowest BCUT2D eigenvalue weighted by Crippen LogP contribution is -2.49. The molecule has 0 bridgehead atoms. The van der Waals surface area contributed by atoms with Gasteiger partial charge in [-0.3, -0.25) is 9.80 Å². The molecular weight excluding hydrogens is 593 g/mol. The summed E-state index contributed by atoms with van der Waals surface area (Å²) in [6, 6.07) is 17.7. The summed E-state index contributed by atoms with van der Waals surface area (Å²) >= 11 is 6.76. The number of benzene rings is 3. The van der Waals surface area contributed by atoms with E-state index in [1.807, 2.05) is 6.92 Å². The zero-order valence-corrected chi connectivity index (χ0v) is 21.6. The fraction of sp³-hybridized carbons (Fsp3) is 0.240. The van der Waals surface area contributed by atoms with E-state index in [1.54, 1.807) is 48.5 Å². The van der Waals surface area contributed by atoms with Gasteiger partial charge in [0, 0.05) is 25.9 Å². The molecule has 10 heteroatoms. The van der Waals surface area contributed by atoms with E-state index >= 15 is 0 Å². The Labute approximate surface area is 217 Å². The third-order valence-corrected chi connectivity index (χ3v) is 6.82. The third-order valence-electron chi connectivity index (χ3n) is 5.76. The minimum Gasteiger partial charge on any atom is -0.406 e. The molecule has 0 spiro atoms. The number of carbonyl (C=O) groups excluding carboxylic acids is 1. The summed E-state index contributed by atoms with van der Waals surface area (Å²) in [6.45, 7) is 1.91. The Balaban J connectivity index is 1.92. The molecule has 1 fully saturated rings. The van der Waals surface area contributed by atoms with E-state index in [0.29, 0.717) is 24.2 Å². The molecule has 184 valence electrons. The van der Waals surface area contributed by atoms with E-state index in [1.165, 1.54) is 21.9 Å². The number of hydrogen-bond acceptors (Lipinski definition) is 3. The number of rotatable bonds is 6. The van der Waals surface area contributed by atoms with Crippen LogP contribution in [0.15, 0.2) is 81.7 Å². The van der Waals surface area contributed by atoms with E-state index in [0.717, 1.165) is 21.1 Å². The summed E-state index contributed by atoms with van der Waals surface area (Å²) in [5.74, 6) is -0.482. The number of anilines is 2. The van der Waals surface area contributed by atoms with Crippen LogP contribution in [0.1, 0.15) is 25.3 Å². The average molecular weight is 614 g/mol. The zero-order valence-electron chi connectivity index (χ0n) is 18.5. The van der Waals surface area contributed by atoms with Crippen LogP contribution in [-0.4, -0.2) is 23.5 Å². The van der Waals surface area contributed by atoms with E-state index in [9.17, 15) is 23.1 Å². The molecule has 0 aromatic heterocycles. The molecule has 3 aromatic carbocycles. The zero-order chi connectivity index (χ0) is 25.4. The fourth-order valence-corrected chi connectivity index (χ4v) is 4.88. The van der Waals surface area contributed by atoms with Crippen molar-refractivity contribution in [2.45, 2.75) is 37.9 Å². The van der Waals surface area contributed by atoms with Gasteiger partial charge in [0.25, 0.3) is 0 Å². The second-order valence-corrected chi connectivity index (χ2v) is 9.88. The highest BCUT2D eigenvalue weighted by molar-refractivity contribution is 9.10. The number of hydrogen-bond donors (Lipinski definition) is 1. The van der Waals surface area contributed by atoms with Crippen LogP contribution in [0.25, 0.3) is 0 Å². The maximum atomic E-state index is 13.9. The van der Waals surface area contributed by atoms with Crippen LogP contribution < -0.4 is 14.5 Å². The lowest BCUT2D eigenvalue weighted by Gasteiger charge is -2.37. The normalized spacial score (nSPS) is 20.4. The van der Waals surface area contributed by atoms with Gasteiger partial charge in [0.2, 0.25) is 0 Å². The smallest absolute Gasteiger partial charge is 0.406 e. The van der Waals surface area contributed by atoms with Gasteiger partial charge >= 0.3 is 12.4 Å². The minimum atomic E-state index is -4.90. The minimum absolute atomic E-state index is 0.105. The Morgan fingerprint density at radius 3 is 2.09 bits per heavy atom. The Bertz CT molecular complexity index is 1210. The number of alkyl halides is 3. The second kappa shape index (κ2) is 9.83. The van der Waals surface area contributed by atoms with Gasteiger partial charge in [0.1, 0.15) is 5.75 Å². The average Bonchev–Trinajstić information content (AvgIpc) is 3.02. The molecule has 1 saturated heterocycles. The van der Waals surface area contributed by atoms with Gasteiger partial charge in [0.15, 0.2) is 5.72 Å². The monoisotopic (exact) mass is 612 g/mol. The maximum Gasteiger partial charge on any atom is 0.573 e. The highest BCUT2D eigenvalue weighted by Gasteiger charge is 2.58. The van der Waals surface area contributed by atoms with Crippen molar-refractivity contribution >= 4 is 49.3 Å². The summed E-state index contributed by atoms with van der Waals surface area (Å²) in [5.41, 5.74) is -0.937. The van der Waals surface area contributed by atoms with Crippen LogP contribution in [-0.2, 0) is 5.72 Å². The van der Waals surface area contributed by atoms with Gasteiger partial charge in [-0.2, -0.15) is 0 Å². The van der Waals surface area contributed by atoms with Crippen LogP contribution >= 0.6 is 31.9 Å². The van der Waals surface area contributed by atoms with E-state index < -0.39 is 29.9 Å². The first-order valence-electron chi connectivity index (χ1n) is 10.8. The highest BCUT2D eigenvalue weighted by atomic mass is 79.9. The maximum absolute atomic E-state index is 13.9. The van der Waals surface area contributed by atoms with Crippen LogP contribution in [0.5, 0.6) is 5.75 Å². The van der Waals surface area contributed by atoms with Crippen LogP contribution in [0.2, 0.25) is 0 Å². The summed E-state index contributed by atoms with van der Waals surface area (Å²) < 4.78 is 44.5. The molecule has 0 aliphatic carbocycles. The molecular formula is C25H21Br2F3N2O3. The number of amides is 2. The van der Waals surface area contributed by atoms with E-state index in [-0.39, 0.29) is 5.56 Å². The topological polar surface area (TPSA) is 53.0 Å². The van der Waals surface area contributed by atoms with Gasteiger partial charge in [-0.25, -0.2) is 4.79 Å². The Kier molecular flexibility index (Phi) is 7.17. The van der Waals surface area contributed by atoms with Gasteiger partial charge < -0.3 is 9.84 Å². The number of halogens is 5. The van der Waals surface area contributed by atoms with Crippen molar-refractivity contribution < 1.29 is 27.8 Å². The molecule has 1 aliphatic rings. The largest absolute Gasteiger partial charge is 0.573 e. The third kappa shape index (κ3) is 5.05. The standard InChI is InChI=1S/C25H21Br2F3N2O3/c1-2-4-22-24(34,16-5-3-6-21(15-16)35-25(28,29)30)32(20-13-9-18(27)10-14-20)23(33)31(22)19-11-7-17(26)8-12-19/h3,5-15,22,34H,2,4H2,1H3/t22?,24-/m1/s1. The lowest BCUT2D eigenvalue weighted by atomic mass is 9.90. The first-order valence-corrected chi connectivity index (χ1v) is 12.4. The predicted octanol–water partition coefficient (Wildman–Crippen LogP) is 7.57. The van der Waals surface area contributed by atoms with Crippen molar-refractivity contribution in [1.29, 1.82) is 0 Å². The molecule has 3 aromatic rings. The van der Waals surface area contributed by atoms with Gasteiger partial charge in [-0.1, -0.05) is 57.3 Å². The number of urea groups is 1. The van der Waals surface area contributed by atoms with E-state index in [4.69, 9.17) is 0 Å². The Morgan fingerprint density at radius 1 is 0.971 bits per heavy atom. The molecule has 2 amide bonds. The molecule has 2 atom stereocenters. The summed E-state index contributed by atoms with van der Waals surface area (Å²) in [7, 11) is 0. The first-order chi connectivity index (χ1) is 16.5.